The maximum atomic E-state index is 11.1. The molecule has 0 aliphatic carbocycles. The van der Waals surface area contributed by atoms with Gasteiger partial charge >= 0.3 is 0 Å². The molecule has 5 nitrogen and oxygen atoms in total. The Balaban J connectivity index is 2.99. The zero-order chi connectivity index (χ0) is 12.6. The summed E-state index contributed by atoms with van der Waals surface area (Å²) in [6.45, 7) is 1.42. The summed E-state index contributed by atoms with van der Waals surface area (Å²) in [7, 11) is 0. The van der Waals surface area contributed by atoms with Crippen molar-refractivity contribution in [1.82, 2.24) is 4.98 Å². The third-order valence-electron chi connectivity index (χ3n) is 2.48. The smallest absolute Gasteiger partial charge is 0.0740 e. The predicted molar refractivity (Wildman–Crippen MR) is 55.1 cm³/mol. The maximum Gasteiger partial charge on any atom is 0.0740 e. The molecule has 0 saturated heterocycles. The lowest BCUT2D eigenvalue weighted by Gasteiger charge is -2.16. The first-order valence-electron chi connectivity index (χ1n) is 4.84. The van der Waals surface area contributed by atoms with Crippen molar-refractivity contribution in [3.05, 3.63) is 41.1 Å². The molecule has 2 rings (SSSR count). The number of carboxylic acid groups (broad SMARTS) is 2. The van der Waals surface area contributed by atoms with Gasteiger partial charge in [0.15, 0.2) is 0 Å². The Morgan fingerprint density at radius 2 is 1.65 bits per heavy atom. The fourth-order valence-electron chi connectivity index (χ4n) is 1.80. The van der Waals surface area contributed by atoms with Gasteiger partial charge in [0.1, 0.15) is 0 Å². The topological polar surface area (TPSA) is 93.2 Å². The number of carbonyl (C=O) groups is 2. The summed E-state index contributed by atoms with van der Waals surface area (Å²) in [5, 5.41) is 22.2. The van der Waals surface area contributed by atoms with Gasteiger partial charge < -0.3 is 19.8 Å². The van der Waals surface area contributed by atoms with Crippen LogP contribution in [-0.4, -0.2) is 16.9 Å². The number of carbonyl (C=O) groups excluding carboxylic acids is 2. The molecule has 1 heterocycles. The Morgan fingerprint density at radius 3 is 2.24 bits per heavy atom. The molecule has 0 fully saturated rings. The van der Waals surface area contributed by atoms with Crippen molar-refractivity contribution >= 4 is 22.8 Å². The van der Waals surface area contributed by atoms with Gasteiger partial charge in [0.25, 0.3) is 0 Å². The number of para-hydroxylation sites is 1. The van der Waals surface area contributed by atoms with Gasteiger partial charge in [-0.05, 0) is 13.0 Å². The summed E-state index contributed by atoms with van der Waals surface area (Å²) in [6, 6.07) is 6.38. The van der Waals surface area contributed by atoms with Crippen molar-refractivity contribution in [2.24, 2.45) is 0 Å². The molecule has 0 amide bonds. The Bertz CT molecular complexity index is 634. The van der Waals surface area contributed by atoms with Crippen LogP contribution in [0.5, 0.6) is 0 Å². The van der Waals surface area contributed by atoms with E-state index >= 15 is 0 Å². The Kier molecular flexibility index (Phi) is 2.51. The van der Waals surface area contributed by atoms with E-state index in [0.29, 0.717) is 5.52 Å². The second kappa shape index (κ2) is 3.86. The van der Waals surface area contributed by atoms with Crippen LogP contribution < -0.4 is 10.2 Å². The molecule has 0 saturated carbocycles. The van der Waals surface area contributed by atoms with Crippen LogP contribution in [0, 0.1) is 6.92 Å². The second-order valence-electron chi connectivity index (χ2n) is 3.54. The molecular weight excluding hydrogens is 222 g/mol. The first-order valence-corrected chi connectivity index (χ1v) is 4.84. The zero-order valence-electron chi connectivity index (χ0n) is 8.89. The quantitative estimate of drug-likeness (QED) is 0.676. The Labute approximate surface area is 96.3 Å². The number of carboxylic acids is 2. The van der Waals surface area contributed by atoms with E-state index in [1.54, 1.807) is 18.2 Å². The number of aromatic carboxylic acids is 2. The monoisotopic (exact) mass is 229 g/mol. The van der Waals surface area contributed by atoms with Crippen molar-refractivity contribution in [3.63, 3.8) is 0 Å². The van der Waals surface area contributed by atoms with E-state index in [-0.39, 0.29) is 16.6 Å². The minimum atomic E-state index is -1.57. The average molecular weight is 229 g/mol. The molecule has 2 aromatic rings. The SMILES string of the molecule is Cc1nc2ccccc2c(C(=O)[O-])c1C(=O)[O-]. The van der Waals surface area contributed by atoms with Gasteiger partial charge in [-0.1, -0.05) is 18.2 Å². The third-order valence-corrected chi connectivity index (χ3v) is 2.48. The molecule has 17 heavy (non-hydrogen) atoms. The largest absolute Gasteiger partial charge is 0.545 e. The normalized spacial score (nSPS) is 10.4. The number of aromatic nitrogens is 1. The lowest BCUT2D eigenvalue weighted by molar-refractivity contribution is -0.259. The summed E-state index contributed by atoms with van der Waals surface area (Å²) < 4.78 is 0. The highest BCUT2D eigenvalue weighted by atomic mass is 16.4. The molecule has 0 aliphatic heterocycles. The molecular formula is C12H7NO4-2. The van der Waals surface area contributed by atoms with Crippen molar-refractivity contribution in [2.75, 3.05) is 0 Å². The number of nitrogens with zero attached hydrogens (tertiary/aromatic N) is 1. The fraction of sp³-hybridized carbons (Fsp3) is 0.0833. The van der Waals surface area contributed by atoms with Crippen molar-refractivity contribution in [3.8, 4) is 0 Å². The maximum absolute atomic E-state index is 11.1. The number of pyridine rings is 1. The first-order chi connectivity index (χ1) is 8.02. The van der Waals surface area contributed by atoms with Crippen LogP contribution in [0.15, 0.2) is 24.3 Å². The summed E-state index contributed by atoms with van der Waals surface area (Å²) in [5.74, 6) is -3.12. The Hall–Kier alpha value is -2.43. The van der Waals surface area contributed by atoms with Crippen molar-refractivity contribution in [1.29, 1.82) is 0 Å². The highest BCUT2D eigenvalue weighted by Gasteiger charge is 2.13. The van der Waals surface area contributed by atoms with Gasteiger partial charge in [-0.25, -0.2) is 0 Å². The van der Waals surface area contributed by atoms with Gasteiger partial charge in [0, 0.05) is 22.2 Å². The lowest BCUT2D eigenvalue weighted by atomic mass is 10.0. The van der Waals surface area contributed by atoms with Crippen molar-refractivity contribution < 1.29 is 19.8 Å². The molecule has 0 atom stereocenters. The number of rotatable bonds is 2. The van der Waals surface area contributed by atoms with Crippen LogP contribution in [-0.2, 0) is 0 Å². The van der Waals surface area contributed by atoms with Crippen LogP contribution in [0.3, 0.4) is 0 Å². The predicted octanol–water partition coefficient (Wildman–Crippen LogP) is -0.730. The van der Waals surface area contributed by atoms with E-state index in [9.17, 15) is 19.8 Å². The van der Waals surface area contributed by atoms with Crippen molar-refractivity contribution in [2.45, 2.75) is 6.92 Å². The summed E-state index contributed by atoms with van der Waals surface area (Å²) in [5.41, 5.74) is -0.297. The molecule has 0 bridgehead atoms. The number of benzene rings is 1. The van der Waals surface area contributed by atoms with E-state index < -0.39 is 17.5 Å². The summed E-state index contributed by atoms with van der Waals surface area (Å²) in [4.78, 5) is 26.0. The van der Waals surface area contributed by atoms with E-state index in [2.05, 4.69) is 4.98 Å². The Morgan fingerprint density at radius 1 is 1.06 bits per heavy atom. The number of fused-ring (bicyclic) bond motifs is 1. The van der Waals surface area contributed by atoms with Crippen LogP contribution in [0.2, 0.25) is 0 Å². The fourth-order valence-corrected chi connectivity index (χ4v) is 1.80. The molecule has 0 spiro atoms. The van der Waals surface area contributed by atoms with Crippen LogP contribution >= 0.6 is 0 Å². The van der Waals surface area contributed by atoms with Crippen LogP contribution in [0.4, 0.5) is 0 Å². The standard InChI is InChI=1S/C12H9NO4/c1-6-9(11(14)15)10(12(16)17)7-4-2-3-5-8(7)13-6/h2-5H,1H3,(H,14,15)(H,16,17)/p-2. The number of aryl methyl sites for hydroxylation is 1. The van der Waals surface area contributed by atoms with E-state index in [4.69, 9.17) is 0 Å². The molecule has 0 N–H and O–H groups in total. The highest BCUT2D eigenvalue weighted by Crippen LogP contribution is 2.22. The average Bonchev–Trinajstić information content (AvgIpc) is 2.26. The van der Waals surface area contributed by atoms with E-state index in [1.165, 1.54) is 13.0 Å². The van der Waals surface area contributed by atoms with Gasteiger partial charge in [0.05, 0.1) is 17.5 Å². The summed E-state index contributed by atoms with van der Waals surface area (Å²) in [6.07, 6.45) is 0. The summed E-state index contributed by atoms with van der Waals surface area (Å²) >= 11 is 0. The number of hydrogen-bond donors (Lipinski definition) is 0. The van der Waals surface area contributed by atoms with E-state index in [1.807, 2.05) is 0 Å². The van der Waals surface area contributed by atoms with E-state index in [0.717, 1.165) is 0 Å². The van der Waals surface area contributed by atoms with Gasteiger partial charge in [0.2, 0.25) is 0 Å². The lowest BCUT2D eigenvalue weighted by Crippen LogP contribution is -2.31. The number of hydrogen-bond acceptors (Lipinski definition) is 5. The molecule has 5 heteroatoms. The molecule has 0 unspecified atom stereocenters. The van der Waals surface area contributed by atoms with Gasteiger partial charge in [-0.3, -0.25) is 4.98 Å². The molecule has 86 valence electrons. The first kappa shape index (κ1) is 11.1. The van der Waals surface area contributed by atoms with Crippen LogP contribution in [0.1, 0.15) is 26.4 Å². The molecule has 1 aromatic heterocycles. The van der Waals surface area contributed by atoms with Gasteiger partial charge in [-0.15, -0.1) is 0 Å². The zero-order valence-corrected chi connectivity index (χ0v) is 8.89. The molecule has 1 aromatic carbocycles. The third kappa shape index (κ3) is 1.71. The van der Waals surface area contributed by atoms with Gasteiger partial charge in [-0.2, -0.15) is 0 Å². The molecule has 0 radical (unpaired) electrons. The minimum absolute atomic E-state index is 0.0999. The minimum Gasteiger partial charge on any atom is -0.545 e. The second-order valence-corrected chi connectivity index (χ2v) is 3.54. The molecule has 0 aliphatic rings. The van der Waals surface area contributed by atoms with Crippen LogP contribution in [0.25, 0.3) is 10.9 Å². The highest BCUT2D eigenvalue weighted by molar-refractivity contribution is 6.10.